The number of benzene rings is 3. The van der Waals surface area contributed by atoms with Crippen molar-refractivity contribution in [2.24, 2.45) is 11.7 Å². The van der Waals surface area contributed by atoms with Gasteiger partial charge in [-0.3, -0.25) is 19.1 Å². The largest absolute Gasteiger partial charge is 0.364 e. The molecule has 0 spiro atoms. The summed E-state index contributed by atoms with van der Waals surface area (Å²) in [6.07, 6.45) is 4.36. The smallest absolute Gasteiger partial charge is 0.269 e. The summed E-state index contributed by atoms with van der Waals surface area (Å²) in [6, 6.07) is 18.0. The zero-order valence-electron chi connectivity index (χ0n) is 24.4. The average Bonchev–Trinajstić information content (AvgIpc) is 3.56. The lowest BCUT2D eigenvalue weighted by molar-refractivity contribution is -0.139. The highest BCUT2D eigenvalue weighted by Gasteiger charge is 2.55. The van der Waals surface area contributed by atoms with E-state index in [4.69, 9.17) is 17.3 Å². The number of hydrogen-bond donors (Lipinski definition) is 1. The summed E-state index contributed by atoms with van der Waals surface area (Å²) in [7, 11) is 0. The van der Waals surface area contributed by atoms with E-state index in [1.807, 2.05) is 0 Å². The highest BCUT2D eigenvalue weighted by Crippen LogP contribution is 2.48. The first kappa shape index (κ1) is 29.3. The normalized spacial score (nSPS) is 18.1. The highest BCUT2D eigenvalue weighted by molar-refractivity contribution is 6.33. The van der Waals surface area contributed by atoms with Crippen LogP contribution in [0.1, 0.15) is 40.3 Å². The molecule has 3 heterocycles. The van der Waals surface area contributed by atoms with Gasteiger partial charge in [0.05, 0.1) is 11.6 Å². The van der Waals surface area contributed by atoms with Gasteiger partial charge in [0.15, 0.2) is 11.5 Å². The van der Waals surface area contributed by atoms with E-state index in [-0.39, 0.29) is 47.9 Å². The number of fused-ring (bicyclic) bond motifs is 2. The van der Waals surface area contributed by atoms with Crippen molar-refractivity contribution in [2.45, 2.75) is 37.9 Å². The number of hydrogen-bond acceptors (Lipinski definition) is 6. The van der Waals surface area contributed by atoms with Crippen LogP contribution in [0.4, 0.5) is 4.39 Å². The minimum Gasteiger partial charge on any atom is -0.364 e. The van der Waals surface area contributed by atoms with E-state index in [1.54, 1.807) is 84.0 Å². The predicted octanol–water partition coefficient (Wildman–Crippen LogP) is 4.59. The Morgan fingerprint density at radius 2 is 1.74 bits per heavy atom. The maximum atomic E-state index is 15.6. The van der Waals surface area contributed by atoms with E-state index in [0.717, 1.165) is 6.42 Å². The molecule has 5 aromatic rings. The molecule has 0 unspecified atom stereocenters. The SMILES string of the molecule is NC(=O)c1nn(CC(=O)N2[C@@H]3C[C@@H]3C[C@H]2C(=O)Cc2cccc(-c3ccccc3Cl)c2F)c2ccc(C#Cc3ncccn3)cc12. The van der Waals surface area contributed by atoms with Crippen molar-refractivity contribution in [3.05, 3.63) is 113 Å². The van der Waals surface area contributed by atoms with E-state index in [0.29, 0.717) is 44.9 Å². The van der Waals surface area contributed by atoms with Gasteiger partial charge in [0.1, 0.15) is 12.4 Å². The summed E-state index contributed by atoms with van der Waals surface area (Å²) in [6.45, 7) is -0.198. The summed E-state index contributed by atoms with van der Waals surface area (Å²) in [5.41, 5.74) is 7.87. The molecule has 1 aliphatic carbocycles. The summed E-state index contributed by atoms with van der Waals surface area (Å²) in [5.74, 6) is 4.63. The zero-order valence-corrected chi connectivity index (χ0v) is 25.1. The second kappa shape index (κ2) is 11.8. The van der Waals surface area contributed by atoms with Gasteiger partial charge in [-0.15, -0.1) is 0 Å². The summed E-state index contributed by atoms with van der Waals surface area (Å²) in [4.78, 5) is 49.5. The molecule has 1 aliphatic heterocycles. The lowest BCUT2D eigenvalue weighted by Gasteiger charge is -2.27. The Balaban J connectivity index is 1.12. The molecular formula is C35H26ClFN6O3. The Hall–Kier alpha value is -5.40. The highest BCUT2D eigenvalue weighted by atomic mass is 35.5. The van der Waals surface area contributed by atoms with E-state index >= 15 is 4.39 Å². The second-order valence-electron chi connectivity index (χ2n) is 11.4. The molecule has 2 N–H and O–H groups in total. The van der Waals surface area contributed by atoms with Gasteiger partial charge in [-0.05, 0) is 60.6 Å². The Bertz CT molecular complexity index is 2100. The molecule has 0 bridgehead atoms. The number of likely N-dealkylation sites (tertiary alicyclic amines) is 1. The molecule has 2 fully saturated rings. The number of ketones is 1. The van der Waals surface area contributed by atoms with Crippen LogP contribution in [-0.4, -0.2) is 54.3 Å². The maximum Gasteiger partial charge on any atom is 0.269 e. The summed E-state index contributed by atoms with van der Waals surface area (Å²) in [5, 5.41) is 5.23. The van der Waals surface area contributed by atoms with E-state index in [1.165, 1.54) is 4.68 Å². The fourth-order valence-electron chi connectivity index (χ4n) is 6.27. The van der Waals surface area contributed by atoms with Crippen LogP contribution in [0.2, 0.25) is 5.02 Å². The van der Waals surface area contributed by atoms with Crippen molar-refractivity contribution in [1.29, 1.82) is 0 Å². The molecule has 3 aromatic carbocycles. The van der Waals surface area contributed by atoms with Gasteiger partial charge in [-0.2, -0.15) is 5.10 Å². The lowest BCUT2D eigenvalue weighted by Crippen LogP contribution is -2.45. The number of nitrogens with zero attached hydrogens (tertiary/aromatic N) is 5. The molecule has 11 heteroatoms. The number of carbonyl (C=O) groups is 3. The van der Waals surface area contributed by atoms with Crippen LogP contribution in [0.5, 0.6) is 0 Å². The molecule has 228 valence electrons. The average molecular weight is 633 g/mol. The van der Waals surface area contributed by atoms with Gasteiger partial charge < -0.3 is 10.6 Å². The number of halogens is 2. The van der Waals surface area contributed by atoms with Gasteiger partial charge in [-0.25, -0.2) is 14.4 Å². The monoisotopic (exact) mass is 632 g/mol. The van der Waals surface area contributed by atoms with Crippen LogP contribution in [0.3, 0.4) is 0 Å². The number of amides is 2. The molecule has 2 aliphatic rings. The van der Waals surface area contributed by atoms with Crippen molar-refractivity contribution in [3.63, 3.8) is 0 Å². The first-order valence-electron chi connectivity index (χ1n) is 14.7. The Labute approximate surface area is 268 Å². The molecule has 9 nitrogen and oxygen atoms in total. The molecule has 0 radical (unpaired) electrons. The number of rotatable bonds is 7. The van der Waals surface area contributed by atoms with Gasteiger partial charge >= 0.3 is 0 Å². The van der Waals surface area contributed by atoms with Crippen LogP contribution in [0.25, 0.3) is 22.0 Å². The number of primary amides is 1. The minimum absolute atomic E-state index is 0.00892. The fourth-order valence-corrected chi connectivity index (χ4v) is 6.51. The van der Waals surface area contributed by atoms with E-state index in [9.17, 15) is 14.4 Å². The quantitative estimate of drug-likeness (QED) is 0.262. The van der Waals surface area contributed by atoms with Crippen LogP contribution in [0, 0.1) is 23.6 Å². The number of carbonyl (C=O) groups excluding carboxylic acids is 3. The third-order valence-electron chi connectivity index (χ3n) is 8.52. The van der Waals surface area contributed by atoms with Crippen LogP contribution >= 0.6 is 11.6 Å². The third kappa shape index (κ3) is 5.50. The van der Waals surface area contributed by atoms with Crippen molar-refractivity contribution >= 4 is 40.1 Å². The topological polar surface area (TPSA) is 124 Å². The molecule has 1 saturated carbocycles. The standard InChI is InChI=1S/C35H26ClFN6O3/c36-26-8-2-1-6-23(26)24-7-3-5-21(33(24)37)18-30(44)29-17-22-16-28(22)43(29)32(45)19-42-27-11-9-20(10-12-31-39-13-4-14-40-31)15-25(27)34(41-42)35(38)46/h1-9,11,13-15,22,28-29H,16-19H2,(H2,38,46)/t22-,28-,29+/m1/s1. The van der Waals surface area contributed by atoms with Gasteiger partial charge in [0.25, 0.3) is 5.91 Å². The molecule has 3 atom stereocenters. The van der Waals surface area contributed by atoms with Crippen LogP contribution in [-0.2, 0) is 22.6 Å². The number of nitrogens with two attached hydrogens (primary N) is 1. The van der Waals surface area contributed by atoms with E-state index < -0.39 is 17.8 Å². The Morgan fingerprint density at radius 1 is 0.957 bits per heavy atom. The third-order valence-corrected chi connectivity index (χ3v) is 8.85. The van der Waals surface area contributed by atoms with Crippen LogP contribution < -0.4 is 5.73 Å². The first-order valence-corrected chi connectivity index (χ1v) is 15.1. The number of aromatic nitrogens is 4. The maximum absolute atomic E-state index is 15.6. The first-order chi connectivity index (χ1) is 22.3. The molecule has 46 heavy (non-hydrogen) atoms. The number of piperidine rings is 1. The Morgan fingerprint density at radius 3 is 2.52 bits per heavy atom. The zero-order chi connectivity index (χ0) is 31.9. The van der Waals surface area contributed by atoms with Crippen LogP contribution in [0.15, 0.2) is 79.1 Å². The Kier molecular flexibility index (Phi) is 7.54. The van der Waals surface area contributed by atoms with Crippen molar-refractivity contribution < 1.29 is 18.8 Å². The van der Waals surface area contributed by atoms with E-state index in [2.05, 4.69) is 26.9 Å². The molecule has 7 rings (SSSR count). The van der Waals surface area contributed by atoms with Gasteiger partial charge in [-0.1, -0.05) is 53.9 Å². The van der Waals surface area contributed by atoms with Crippen molar-refractivity contribution in [2.75, 3.05) is 0 Å². The van der Waals surface area contributed by atoms with Crippen molar-refractivity contribution in [3.8, 4) is 23.0 Å². The molecule has 2 aromatic heterocycles. The van der Waals surface area contributed by atoms with Crippen molar-refractivity contribution in [1.82, 2.24) is 24.6 Å². The lowest BCUT2D eigenvalue weighted by atomic mass is 9.96. The molecular weight excluding hydrogens is 607 g/mol. The number of Topliss-reactive ketones (excluding diaryl/α,β-unsaturated/α-hetero) is 1. The predicted molar refractivity (Wildman–Crippen MR) is 169 cm³/mol. The van der Waals surface area contributed by atoms with Gasteiger partial charge in [0, 0.05) is 52.0 Å². The van der Waals surface area contributed by atoms with Gasteiger partial charge in [0.2, 0.25) is 11.7 Å². The minimum atomic E-state index is -0.745. The fraction of sp³-hybridized carbons (Fsp3) is 0.200. The molecule has 1 saturated heterocycles. The molecule has 2 amide bonds. The summed E-state index contributed by atoms with van der Waals surface area (Å²) >= 11 is 6.31. The second-order valence-corrected chi connectivity index (χ2v) is 11.8. The summed E-state index contributed by atoms with van der Waals surface area (Å²) < 4.78 is 17.1.